The number of fused-ring (bicyclic) bond motifs is 2. The zero-order chi connectivity index (χ0) is 25.4. The van der Waals surface area contributed by atoms with Crippen LogP contribution < -0.4 is 0 Å². The summed E-state index contributed by atoms with van der Waals surface area (Å²) in [6.45, 7) is 4.51. The van der Waals surface area contributed by atoms with Crippen molar-refractivity contribution in [3.63, 3.8) is 0 Å². The van der Waals surface area contributed by atoms with Crippen molar-refractivity contribution in [3.8, 4) is 22.3 Å². The van der Waals surface area contributed by atoms with Gasteiger partial charge in [-0.25, -0.2) is 0 Å². The van der Waals surface area contributed by atoms with Gasteiger partial charge in [0.25, 0.3) is 0 Å². The van der Waals surface area contributed by atoms with E-state index in [-0.39, 0.29) is 0 Å². The van der Waals surface area contributed by atoms with Gasteiger partial charge in [-0.3, -0.25) is 0 Å². The van der Waals surface area contributed by atoms with E-state index >= 15 is 0 Å². The fraction of sp³-hybridized carbons (Fsp3) is 0.0526. The maximum absolute atomic E-state index is 2.38. The Morgan fingerprint density at radius 3 is 1.18 bits per heavy atom. The second-order valence-corrected chi connectivity index (χ2v) is 10.7. The van der Waals surface area contributed by atoms with Crippen LogP contribution in [0, 0.1) is 13.8 Å². The SMILES string of the molecule is Cc1cc(-c2ccc3ccccc3c2)c2ccc3c(C)cc(-c4ccc5ccccc5c4)c4ccc1c2c34. The molecule has 0 aromatic heterocycles. The van der Waals surface area contributed by atoms with Gasteiger partial charge in [0.2, 0.25) is 0 Å². The third-order valence-electron chi connectivity index (χ3n) is 8.43. The molecule has 178 valence electrons. The average molecular weight is 483 g/mol. The third-order valence-corrected chi connectivity index (χ3v) is 8.43. The zero-order valence-electron chi connectivity index (χ0n) is 21.5. The Balaban J connectivity index is 1.47. The van der Waals surface area contributed by atoms with E-state index < -0.39 is 0 Å². The lowest BCUT2D eigenvalue weighted by Crippen LogP contribution is -1.93. The molecule has 8 aromatic rings. The Kier molecular flexibility index (Phi) is 4.46. The molecule has 0 bridgehead atoms. The molecule has 0 saturated carbocycles. The molecule has 0 saturated heterocycles. The molecule has 0 amide bonds. The van der Waals surface area contributed by atoms with Crippen molar-refractivity contribution in [2.75, 3.05) is 0 Å². The number of hydrogen-bond donors (Lipinski definition) is 0. The molecular formula is C38H26. The van der Waals surface area contributed by atoms with Gasteiger partial charge in [0.15, 0.2) is 0 Å². The summed E-state index contributed by atoms with van der Waals surface area (Å²) in [6.07, 6.45) is 0. The van der Waals surface area contributed by atoms with E-state index in [0.717, 1.165) is 0 Å². The smallest absolute Gasteiger partial charge is 0.00176 e. The molecule has 0 aliphatic heterocycles. The van der Waals surface area contributed by atoms with Gasteiger partial charge < -0.3 is 0 Å². The van der Waals surface area contributed by atoms with Crippen molar-refractivity contribution in [2.24, 2.45) is 0 Å². The highest BCUT2D eigenvalue weighted by atomic mass is 14.2. The summed E-state index contributed by atoms with van der Waals surface area (Å²) in [4.78, 5) is 0. The molecule has 0 heterocycles. The Morgan fingerprint density at radius 1 is 0.342 bits per heavy atom. The summed E-state index contributed by atoms with van der Waals surface area (Å²) in [5.74, 6) is 0. The second kappa shape index (κ2) is 7.91. The molecule has 8 rings (SSSR count). The second-order valence-electron chi connectivity index (χ2n) is 10.7. The lowest BCUT2D eigenvalue weighted by Gasteiger charge is -2.20. The van der Waals surface area contributed by atoms with Gasteiger partial charge in [0, 0.05) is 0 Å². The minimum atomic E-state index is 1.27. The number of rotatable bonds is 2. The Labute approximate surface area is 222 Å². The molecule has 0 heteroatoms. The van der Waals surface area contributed by atoms with E-state index in [1.807, 2.05) is 0 Å². The highest BCUT2D eigenvalue weighted by molar-refractivity contribution is 6.28. The zero-order valence-corrected chi connectivity index (χ0v) is 21.5. The van der Waals surface area contributed by atoms with Crippen LogP contribution in [-0.2, 0) is 0 Å². The standard InChI is InChI=1S/C38H26/c1-23-19-35(29-13-11-25-7-3-5-9-27(25)21-29)33-18-16-32-24(2)20-36(34-17-15-31(23)37(33)38(32)34)30-14-12-26-8-4-6-10-28(26)22-30/h3-22H,1-2H3. The number of aryl methyl sites for hydroxylation is 2. The number of benzene rings is 8. The van der Waals surface area contributed by atoms with Crippen LogP contribution in [0.3, 0.4) is 0 Å². The molecule has 0 spiro atoms. The lowest BCUT2D eigenvalue weighted by atomic mass is 9.84. The first kappa shape index (κ1) is 21.4. The van der Waals surface area contributed by atoms with Crippen LogP contribution in [0.15, 0.2) is 121 Å². The molecule has 0 N–H and O–H groups in total. The van der Waals surface area contributed by atoms with Crippen molar-refractivity contribution >= 4 is 53.9 Å². The lowest BCUT2D eigenvalue weighted by molar-refractivity contribution is 1.52. The first-order chi connectivity index (χ1) is 18.7. The average Bonchev–Trinajstić information content (AvgIpc) is 2.97. The highest BCUT2D eigenvalue weighted by Crippen LogP contribution is 2.45. The third kappa shape index (κ3) is 3.04. The fourth-order valence-corrected chi connectivity index (χ4v) is 6.54. The maximum atomic E-state index is 2.38. The monoisotopic (exact) mass is 482 g/mol. The van der Waals surface area contributed by atoms with Crippen LogP contribution in [-0.4, -0.2) is 0 Å². The van der Waals surface area contributed by atoms with Crippen molar-refractivity contribution < 1.29 is 0 Å². The molecule has 0 atom stereocenters. The predicted octanol–water partition coefficient (Wildman–Crippen LogP) is 10.8. The maximum Gasteiger partial charge on any atom is -0.00176 e. The Hall–Kier alpha value is -4.68. The number of hydrogen-bond acceptors (Lipinski definition) is 0. The van der Waals surface area contributed by atoms with E-state index in [1.54, 1.807) is 0 Å². The summed E-state index contributed by atoms with van der Waals surface area (Å²) in [5, 5.41) is 13.2. The van der Waals surface area contributed by atoms with Crippen molar-refractivity contribution in [1.82, 2.24) is 0 Å². The molecule has 38 heavy (non-hydrogen) atoms. The van der Waals surface area contributed by atoms with E-state index in [4.69, 9.17) is 0 Å². The predicted molar refractivity (Wildman–Crippen MR) is 166 cm³/mol. The van der Waals surface area contributed by atoms with Gasteiger partial charge in [-0.15, -0.1) is 0 Å². The quantitative estimate of drug-likeness (QED) is 0.215. The molecule has 0 unspecified atom stereocenters. The molecule has 0 radical (unpaired) electrons. The van der Waals surface area contributed by atoms with E-state index in [0.29, 0.717) is 0 Å². The molecule has 0 aliphatic carbocycles. The summed E-state index contributed by atoms with van der Waals surface area (Å²) in [5.41, 5.74) is 7.81. The van der Waals surface area contributed by atoms with Crippen LogP contribution in [0.2, 0.25) is 0 Å². The van der Waals surface area contributed by atoms with Gasteiger partial charge in [0.05, 0.1) is 0 Å². The van der Waals surface area contributed by atoms with Crippen LogP contribution in [0.5, 0.6) is 0 Å². The van der Waals surface area contributed by atoms with Gasteiger partial charge in [-0.1, -0.05) is 109 Å². The Morgan fingerprint density at radius 2 is 0.737 bits per heavy atom. The van der Waals surface area contributed by atoms with Crippen LogP contribution in [0.4, 0.5) is 0 Å². The molecule has 0 fully saturated rings. The Bertz CT molecular complexity index is 2040. The van der Waals surface area contributed by atoms with Crippen molar-refractivity contribution in [1.29, 1.82) is 0 Å². The first-order valence-corrected chi connectivity index (χ1v) is 13.4. The summed E-state index contributed by atoms with van der Waals surface area (Å²) in [7, 11) is 0. The van der Waals surface area contributed by atoms with Crippen molar-refractivity contribution in [3.05, 3.63) is 132 Å². The van der Waals surface area contributed by atoms with E-state index in [9.17, 15) is 0 Å². The highest BCUT2D eigenvalue weighted by Gasteiger charge is 2.18. The summed E-state index contributed by atoms with van der Waals surface area (Å²) >= 11 is 0. The van der Waals surface area contributed by atoms with E-state index in [2.05, 4.69) is 135 Å². The molecular weight excluding hydrogens is 456 g/mol. The molecule has 8 aromatic carbocycles. The van der Waals surface area contributed by atoms with Gasteiger partial charge in [-0.2, -0.15) is 0 Å². The van der Waals surface area contributed by atoms with Gasteiger partial charge in [0.1, 0.15) is 0 Å². The first-order valence-electron chi connectivity index (χ1n) is 13.4. The summed E-state index contributed by atoms with van der Waals surface area (Å²) in [6, 6.07) is 45.1. The topological polar surface area (TPSA) is 0 Å². The summed E-state index contributed by atoms with van der Waals surface area (Å²) < 4.78 is 0. The largest absolute Gasteiger partial charge is 0.0616 e. The minimum absolute atomic E-state index is 1.27. The van der Waals surface area contributed by atoms with Crippen LogP contribution in [0.25, 0.3) is 76.1 Å². The van der Waals surface area contributed by atoms with Crippen molar-refractivity contribution in [2.45, 2.75) is 13.8 Å². The van der Waals surface area contributed by atoms with Gasteiger partial charge >= 0.3 is 0 Å². The molecule has 0 nitrogen and oxygen atoms in total. The van der Waals surface area contributed by atoms with E-state index in [1.165, 1.54) is 87.2 Å². The normalized spacial score (nSPS) is 11.9. The minimum Gasteiger partial charge on any atom is -0.0616 e. The van der Waals surface area contributed by atoms with Gasteiger partial charge in [-0.05, 0) is 113 Å². The van der Waals surface area contributed by atoms with Crippen LogP contribution >= 0.6 is 0 Å². The fourth-order valence-electron chi connectivity index (χ4n) is 6.54. The van der Waals surface area contributed by atoms with Crippen LogP contribution in [0.1, 0.15) is 11.1 Å². The molecule has 0 aliphatic rings.